The van der Waals surface area contributed by atoms with Crippen molar-refractivity contribution in [3.63, 3.8) is 0 Å². The molecule has 0 spiro atoms. The summed E-state index contributed by atoms with van der Waals surface area (Å²) in [7, 11) is 1.34. The van der Waals surface area contributed by atoms with Gasteiger partial charge in [0.15, 0.2) is 0 Å². The van der Waals surface area contributed by atoms with E-state index in [1.807, 2.05) is 0 Å². The van der Waals surface area contributed by atoms with Gasteiger partial charge in [0, 0.05) is 0 Å². The van der Waals surface area contributed by atoms with Gasteiger partial charge in [0.25, 0.3) is 0 Å². The molecule has 0 saturated heterocycles. The summed E-state index contributed by atoms with van der Waals surface area (Å²) >= 11 is 1.74. The normalized spacial score (nSPS) is 11.9. The summed E-state index contributed by atoms with van der Waals surface area (Å²) in [5.41, 5.74) is 0.328. The molecule has 1 aromatic carbocycles. The third kappa shape index (κ3) is 4.56. The smallest absolute Gasteiger partial charge is 0.328 e. The first kappa shape index (κ1) is 14.8. The molecule has 0 radical (unpaired) electrons. The molecule has 0 aliphatic rings. The third-order valence-electron chi connectivity index (χ3n) is 2.44. The van der Waals surface area contributed by atoms with Gasteiger partial charge < -0.3 is 10.1 Å². The van der Waals surface area contributed by atoms with E-state index in [9.17, 15) is 9.18 Å². The maximum atomic E-state index is 13.5. The fraction of sp³-hybridized carbons (Fsp3) is 0.462. The van der Waals surface area contributed by atoms with Crippen LogP contribution >= 0.6 is 11.8 Å². The van der Waals surface area contributed by atoms with Crippen LogP contribution in [0.5, 0.6) is 0 Å². The number of nitrogens with one attached hydrogen (secondary N) is 1. The lowest BCUT2D eigenvalue weighted by atomic mass is 10.2. The second-order valence-electron chi connectivity index (χ2n) is 3.69. The standard InChI is InChI=1S/C13H18FNO2S/c1-3-18-9-8-12(13(16)17-2)15-11-7-5-4-6-10(11)14/h4-7,12,15H,3,8-9H2,1-2H3. The Bertz CT molecular complexity index is 387. The van der Waals surface area contributed by atoms with E-state index in [2.05, 4.69) is 12.2 Å². The molecule has 0 heterocycles. The Hall–Kier alpha value is -1.23. The van der Waals surface area contributed by atoms with Gasteiger partial charge in [-0.1, -0.05) is 19.1 Å². The van der Waals surface area contributed by atoms with Gasteiger partial charge in [-0.15, -0.1) is 0 Å². The third-order valence-corrected chi connectivity index (χ3v) is 3.38. The Balaban J connectivity index is 2.66. The van der Waals surface area contributed by atoms with E-state index in [4.69, 9.17) is 4.74 Å². The predicted octanol–water partition coefficient (Wildman–Crippen LogP) is 2.92. The van der Waals surface area contributed by atoms with E-state index in [0.717, 1.165) is 11.5 Å². The van der Waals surface area contributed by atoms with E-state index in [0.29, 0.717) is 12.1 Å². The van der Waals surface area contributed by atoms with Crippen molar-refractivity contribution in [2.45, 2.75) is 19.4 Å². The number of rotatable bonds is 7. The van der Waals surface area contributed by atoms with Gasteiger partial charge in [-0.3, -0.25) is 0 Å². The van der Waals surface area contributed by atoms with Crippen molar-refractivity contribution in [3.05, 3.63) is 30.1 Å². The van der Waals surface area contributed by atoms with Gasteiger partial charge in [-0.2, -0.15) is 11.8 Å². The summed E-state index contributed by atoms with van der Waals surface area (Å²) < 4.78 is 18.2. The molecule has 1 atom stereocenters. The van der Waals surface area contributed by atoms with E-state index in [1.54, 1.807) is 30.0 Å². The minimum absolute atomic E-state index is 0.328. The first-order valence-corrected chi connectivity index (χ1v) is 7.01. The SMILES string of the molecule is CCSCCC(Nc1ccccc1F)C(=O)OC. The molecule has 0 amide bonds. The fourth-order valence-electron chi connectivity index (χ4n) is 1.50. The van der Waals surface area contributed by atoms with Crippen LogP contribution in [0.3, 0.4) is 0 Å². The average molecular weight is 271 g/mol. The number of halogens is 1. The molecule has 0 bridgehead atoms. The number of hydrogen-bond donors (Lipinski definition) is 1. The Morgan fingerprint density at radius 2 is 2.22 bits per heavy atom. The summed E-state index contributed by atoms with van der Waals surface area (Å²) in [6.45, 7) is 2.06. The lowest BCUT2D eigenvalue weighted by Crippen LogP contribution is -2.31. The lowest BCUT2D eigenvalue weighted by Gasteiger charge is -2.17. The molecule has 1 aromatic rings. The molecule has 3 nitrogen and oxygen atoms in total. The van der Waals surface area contributed by atoms with Crippen LogP contribution in [0.4, 0.5) is 10.1 Å². The van der Waals surface area contributed by atoms with Crippen molar-refractivity contribution in [1.82, 2.24) is 0 Å². The highest BCUT2D eigenvalue weighted by Crippen LogP contribution is 2.16. The number of hydrogen-bond acceptors (Lipinski definition) is 4. The van der Waals surface area contributed by atoms with Gasteiger partial charge in [0.1, 0.15) is 11.9 Å². The van der Waals surface area contributed by atoms with Crippen LogP contribution < -0.4 is 5.32 Å². The van der Waals surface area contributed by atoms with Crippen molar-refractivity contribution in [3.8, 4) is 0 Å². The van der Waals surface area contributed by atoms with Gasteiger partial charge in [0.05, 0.1) is 12.8 Å². The Labute approximate surface area is 111 Å². The minimum atomic E-state index is -0.508. The Morgan fingerprint density at radius 1 is 1.50 bits per heavy atom. The Kier molecular flexibility index (Phi) is 6.57. The first-order chi connectivity index (χ1) is 8.69. The number of thioether (sulfide) groups is 1. The number of carbonyl (C=O) groups excluding carboxylic acids is 1. The van der Waals surface area contributed by atoms with Crippen molar-refractivity contribution in [1.29, 1.82) is 0 Å². The maximum absolute atomic E-state index is 13.5. The molecular formula is C13H18FNO2S. The van der Waals surface area contributed by atoms with Gasteiger partial charge in [-0.05, 0) is 30.1 Å². The van der Waals surface area contributed by atoms with Gasteiger partial charge in [0.2, 0.25) is 0 Å². The van der Waals surface area contributed by atoms with Crippen molar-refractivity contribution in [2.75, 3.05) is 23.9 Å². The van der Waals surface area contributed by atoms with Gasteiger partial charge in [-0.25, -0.2) is 9.18 Å². The van der Waals surface area contributed by atoms with Crippen LogP contribution in [0.1, 0.15) is 13.3 Å². The van der Waals surface area contributed by atoms with Crippen molar-refractivity contribution < 1.29 is 13.9 Å². The molecule has 1 rings (SSSR count). The van der Waals surface area contributed by atoms with Crippen LogP contribution in [-0.2, 0) is 9.53 Å². The first-order valence-electron chi connectivity index (χ1n) is 5.85. The Morgan fingerprint density at radius 3 is 2.83 bits per heavy atom. The molecular weight excluding hydrogens is 253 g/mol. The number of benzene rings is 1. The molecule has 0 saturated carbocycles. The monoisotopic (exact) mass is 271 g/mol. The van der Waals surface area contributed by atoms with E-state index in [1.165, 1.54) is 13.2 Å². The topological polar surface area (TPSA) is 38.3 Å². The van der Waals surface area contributed by atoms with Crippen LogP contribution in [-0.4, -0.2) is 30.6 Å². The number of esters is 1. The molecule has 0 fully saturated rings. The quantitative estimate of drug-likeness (QED) is 0.611. The van der Waals surface area contributed by atoms with Crippen LogP contribution in [0, 0.1) is 5.82 Å². The van der Waals surface area contributed by atoms with Gasteiger partial charge >= 0.3 is 5.97 Å². The predicted molar refractivity (Wildman–Crippen MR) is 73.4 cm³/mol. The molecule has 5 heteroatoms. The van der Waals surface area contributed by atoms with Crippen LogP contribution in [0.15, 0.2) is 24.3 Å². The largest absolute Gasteiger partial charge is 0.467 e. The zero-order valence-corrected chi connectivity index (χ0v) is 11.4. The summed E-state index contributed by atoms with van der Waals surface area (Å²) in [5, 5.41) is 2.89. The average Bonchev–Trinajstić information content (AvgIpc) is 2.39. The summed E-state index contributed by atoms with van der Waals surface area (Å²) in [4.78, 5) is 11.6. The number of methoxy groups -OCH3 is 1. The summed E-state index contributed by atoms with van der Waals surface area (Å²) in [6, 6.07) is 5.79. The number of carbonyl (C=O) groups is 1. The van der Waals surface area contributed by atoms with Crippen molar-refractivity contribution in [2.24, 2.45) is 0 Å². The lowest BCUT2D eigenvalue weighted by molar-refractivity contribution is -0.141. The van der Waals surface area contributed by atoms with E-state index in [-0.39, 0.29) is 11.8 Å². The highest BCUT2D eigenvalue weighted by Gasteiger charge is 2.19. The second-order valence-corrected chi connectivity index (χ2v) is 5.08. The highest BCUT2D eigenvalue weighted by molar-refractivity contribution is 7.99. The number of anilines is 1. The highest BCUT2D eigenvalue weighted by atomic mass is 32.2. The van der Waals surface area contributed by atoms with E-state index < -0.39 is 6.04 Å². The minimum Gasteiger partial charge on any atom is -0.467 e. The molecule has 0 aliphatic heterocycles. The summed E-state index contributed by atoms with van der Waals surface area (Å²) in [5.74, 6) is 1.09. The maximum Gasteiger partial charge on any atom is 0.328 e. The molecule has 0 aromatic heterocycles. The zero-order chi connectivity index (χ0) is 13.4. The van der Waals surface area contributed by atoms with Crippen LogP contribution in [0.25, 0.3) is 0 Å². The number of para-hydroxylation sites is 1. The second kappa shape index (κ2) is 7.97. The van der Waals surface area contributed by atoms with Crippen molar-refractivity contribution >= 4 is 23.4 Å². The molecule has 0 aliphatic carbocycles. The fourth-order valence-corrected chi connectivity index (χ4v) is 2.19. The summed E-state index contributed by atoms with van der Waals surface area (Å²) in [6.07, 6.45) is 0.611. The number of ether oxygens (including phenoxy) is 1. The molecule has 100 valence electrons. The molecule has 1 N–H and O–H groups in total. The molecule has 18 heavy (non-hydrogen) atoms. The van der Waals surface area contributed by atoms with E-state index >= 15 is 0 Å². The molecule has 1 unspecified atom stereocenters. The zero-order valence-electron chi connectivity index (χ0n) is 10.6. The van der Waals surface area contributed by atoms with Crippen LogP contribution in [0.2, 0.25) is 0 Å².